The van der Waals surface area contributed by atoms with E-state index in [2.05, 4.69) is 10.5 Å². The van der Waals surface area contributed by atoms with Crippen molar-refractivity contribution in [2.24, 2.45) is 0 Å². The molecule has 2 aromatic carbocycles. The second kappa shape index (κ2) is 5.84. The standard InChI is InChI=1S/C19H13N3OS/c1-23-16-4-2-3-15(11-16)17-19-22(9-10-24-19)18(21-17)14-7-5-13(12-20)6-8-14/h2-11H,1H3. The van der Waals surface area contributed by atoms with E-state index in [1.165, 1.54) is 0 Å². The summed E-state index contributed by atoms with van der Waals surface area (Å²) < 4.78 is 7.41. The number of benzene rings is 2. The molecule has 0 fully saturated rings. The highest BCUT2D eigenvalue weighted by molar-refractivity contribution is 7.16. The van der Waals surface area contributed by atoms with E-state index in [-0.39, 0.29) is 0 Å². The molecule has 4 aromatic rings. The third kappa shape index (κ3) is 2.34. The zero-order valence-electron chi connectivity index (χ0n) is 12.9. The van der Waals surface area contributed by atoms with Crippen LogP contribution in [0.2, 0.25) is 0 Å². The normalized spacial score (nSPS) is 10.7. The van der Waals surface area contributed by atoms with Crippen LogP contribution in [0.25, 0.3) is 27.5 Å². The lowest BCUT2D eigenvalue weighted by Gasteiger charge is -2.01. The van der Waals surface area contributed by atoms with Crippen molar-refractivity contribution >= 4 is 16.2 Å². The molecule has 4 nitrogen and oxygen atoms in total. The van der Waals surface area contributed by atoms with Crippen molar-refractivity contribution in [3.63, 3.8) is 0 Å². The van der Waals surface area contributed by atoms with Gasteiger partial charge in [-0.1, -0.05) is 12.1 Å². The first-order valence-corrected chi connectivity index (χ1v) is 8.28. The van der Waals surface area contributed by atoms with Crippen LogP contribution in [-0.4, -0.2) is 16.5 Å². The minimum absolute atomic E-state index is 0.643. The SMILES string of the molecule is COc1cccc(-c2nc(-c3ccc(C#N)cc3)n3ccsc23)c1. The maximum Gasteiger partial charge on any atom is 0.145 e. The minimum Gasteiger partial charge on any atom is -0.497 e. The predicted octanol–water partition coefficient (Wildman–Crippen LogP) is 4.61. The molecule has 24 heavy (non-hydrogen) atoms. The summed E-state index contributed by atoms with van der Waals surface area (Å²) in [6.07, 6.45) is 2.02. The van der Waals surface area contributed by atoms with Crippen LogP contribution in [0.15, 0.2) is 60.1 Å². The van der Waals surface area contributed by atoms with Crippen LogP contribution in [-0.2, 0) is 0 Å². The Balaban J connectivity index is 1.89. The van der Waals surface area contributed by atoms with Crippen LogP contribution in [0.1, 0.15) is 5.56 Å². The van der Waals surface area contributed by atoms with Gasteiger partial charge in [0.25, 0.3) is 0 Å². The van der Waals surface area contributed by atoms with E-state index < -0.39 is 0 Å². The average Bonchev–Trinajstić information content (AvgIpc) is 3.24. The highest BCUT2D eigenvalue weighted by atomic mass is 32.1. The Bertz CT molecular complexity index is 1050. The number of ether oxygens (including phenoxy) is 1. The summed E-state index contributed by atoms with van der Waals surface area (Å²) in [5.41, 5.74) is 3.58. The van der Waals surface area contributed by atoms with Crippen molar-refractivity contribution in [3.8, 4) is 34.5 Å². The molecule has 0 atom stereocenters. The molecule has 0 aliphatic carbocycles. The second-order valence-corrected chi connectivity index (χ2v) is 6.18. The lowest BCUT2D eigenvalue weighted by Crippen LogP contribution is -1.86. The topological polar surface area (TPSA) is 50.3 Å². The van der Waals surface area contributed by atoms with E-state index in [1.807, 2.05) is 60.1 Å². The van der Waals surface area contributed by atoms with Gasteiger partial charge in [-0.25, -0.2) is 4.98 Å². The summed E-state index contributed by atoms with van der Waals surface area (Å²) in [5, 5.41) is 11.0. The van der Waals surface area contributed by atoms with Crippen molar-refractivity contribution in [3.05, 3.63) is 65.7 Å². The molecular formula is C19H13N3OS. The molecule has 0 bridgehead atoms. The molecule has 4 rings (SSSR count). The first-order valence-electron chi connectivity index (χ1n) is 7.40. The molecule has 0 amide bonds. The van der Waals surface area contributed by atoms with Crippen LogP contribution in [0, 0.1) is 11.3 Å². The molecule has 0 aliphatic rings. The number of fused-ring (bicyclic) bond motifs is 1. The van der Waals surface area contributed by atoms with Crippen molar-refractivity contribution in [2.75, 3.05) is 7.11 Å². The highest BCUT2D eigenvalue weighted by Gasteiger charge is 2.15. The van der Waals surface area contributed by atoms with Gasteiger partial charge in [-0.2, -0.15) is 5.26 Å². The lowest BCUT2D eigenvalue weighted by molar-refractivity contribution is 0.415. The first kappa shape index (κ1) is 14.5. The predicted molar refractivity (Wildman–Crippen MR) is 95.2 cm³/mol. The number of imidazole rings is 1. The zero-order valence-corrected chi connectivity index (χ0v) is 13.7. The number of hydrogen-bond donors (Lipinski definition) is 0. The molecule has 2 aromatic heterocycles. The molecule has 116 valence electrons. The molecule has 0 saturated heterocycles. The fourth-order valence-electron chi connectivity index (χ4n) is 2.68. The summed E-state index contributed by atoms with van der Waals surface area (Å²) in [6.45, 7) is 0. The maximum atomic E-state index is 8.96. The Morgan fingerprint density at radius 2 is 1.96 bits per heavy atom. The third-order valence-corrected chi connectivity index (χ3v) is 4.74. The van der Waals surface area contributed by atoms with Crippen LogP contribution >= 0.6 is 11.3 Å². The summed E-state index contributed by atoms with van der Waals surface area (Å²) >= 11 is 1.65. The Hall–Kier alpha value is -3.10. The molecule has 2 heterocycles. The minimum atomic E-state index is 0.643. The van der Waals surface area contributed by atoms with E-state index in [1.54, 1.807) is 18.4 Å². The van der Waals surface area contributed by atoms with Crippen molar-refractivity contribution in [1.82, 2.24) is 9.38 Å². The van der Waals surface area contributed by atoms with E-state index in [4.69, 9.17) is 15.0 Å². The lowest BCUT2D eigenvalue weighted by atomic mass is 10.1. The molecule has 0 N–H and O–H groups in total. The van der Waals surface area contributed by atoms with E-state index in [9.17, 15) is 0 Å². The van der Waals surface area contributed by atoms with Crippen molar-refractivity contribution < 1.29 is 4.74 Å². The van der Waals surface area contributed by atoms with Crippen LogP contribution < -0.4 is 4.74 Å². The summed E-state index contributed by atoms with van der Waals surface area (Å²) in [4.78, 5) is 5.94. The number of aromatic nitrogens is 2. The van der Waals surface area contributed by atoms with Gasteiger partial charge in [0.05, 0.1) is 18.7 Å². The van der Waals surface area contributed by atoms with Crippen LogP contribution in [0.3, 0.4) is 0 Å². The van der Waals surface area contributed by atoms with E-state index >= 15 is 0 Å². The number of methoxy groups -OCH3 is 1. The maximum absolute atomic E-state index is 8.96. The summed E-state index contributed by atoms with van der Waals surface area (Å²) in [7, 11) is 1.66. The van der Waals surface area contributed by atoms with Gasteiger partial charge in [0.1, 0.15) is 22.1 Å². The van der Waals surface area contributed by atoms with E-state index in [0.717, 1.165) is 33.2 Å². The summed E-state index contributed by atoms with van der Waals surface area (Å²) in [5.74, 6) is 1.68. The second-order valence-electron chi connectivity index (χ2n) is 5.28. The van der Waals surface area contributed by atoms with Gasteiger partial charge in [0, 0.05) is 22.7 Å². The Morgan fingerprint density at radius 1 is 1.12 bits per heavy atom. The summed E-state index contributed by atoms with van der Waals surface area (Å²) in [6, 6.07) is 17.5. The van der Waals surface area contributed by atoms with Gasteiger partial charge in [0.2, 0.25) is 0 Å². The molecule has 0 unspecified atom stereocenters. The fourth-order valence-corrected chi connectivity index (χ4v) is 3.53. The number of nitrogens with zero attached hydrogens (tertiary/aromatic N) is 3. The van der Waals surface area contributed by atoms with Gasteiger partial charge in [-0.15, -0.1) is 11.3 Å². The smallest absolute Gasteiger partial charge is 0.145 e. The third-order valence-electron chi connectivity index (χ3n) is 3.87. The van der Waals surface area contributed by atoms with E-state index in [0.29, 0.717) is 5.56 Å². The number of rotatable bonds is 3. The monoisotopic (exact) mass is 331 g/mol. The first-order chi connectivity index (χ1) is 11.8. The molecule has 0 spiro atoms. The fraction of sp³-hybridized carbons (Fsp3) is 0.0526. The van der Waals surface area contributed by atoms with Crippen molar-refractivity contribution in [2.45, 2.75) is 0 Å². The van der Waals surface area contributed by atoms with Crippen LogP contribution in [0.4, 0.5) is 0 Å². The largest absolute Gasteiger partial charge is 0.497 e. The van der Waals surface area contributed by atoms with Gasteiger partial charge >= 0.3 is 0 Å². The molecule has 0 radical (unpaired) electrons. The number of thiazole rings is 1. The molecule has 5 heteroatoms. The Morgan fingerprint density at radius 3 is 2.71 bits per heavy atom. The molecule has 0 saturated carbocycles. The Kier molecular flexibility index (Phi) is 3.52. The Labute approximate surface area is 143 Å². The number of hydrogen-bond acceptors (Lipinski definition) is 4. The number of nitriles is 1. The van der Waals surface area contributed by atoms with Gasteiger partial charge in [0.15, 0.2) is 0 Å². The molecule has 0 aliphatic heterocycles. The van der Waals surface area contributed by atoms with Crippen LogP contribution in [0.5, 0.6) is 5.75 Å². The average molecular weight is 331 g/mol. The quantitative estimate of drug-likeness (QED) is 0.551. The van der Waals surface area contributed by atoms with Crippen molar-refractivity contribution in [1.29, 1.82) is 5.26 Å². The zero-order chi connectivity index (χ0) is 16.5. The van der Waals surface area contributed by atoms with Gasteiger partial charge in [-0.05, 0) is 36.4 Å². The van der Waals surface area contributed by atoms with Gasteiger partial charge in [-0.3, -0.25) is 4.40 Å². The van der Waals surface area contributed by atoms with Gasteiger partial charge < -0.3 is 4.74 Å². The molecular weight excluding hydrogens is 318 g/mol. The highest BCUT2D eigenvalue weighted by Crippen LogP contribution is 2.33.